The largest absolute Gasteiger partial charge is 0.378 e. The second-order valence-electron chi connectivity index (χ2n) is 8.73. The van der Waals surface area contributed by atoms with Gasteiger partial charge in [-0.15, -0.1) is 0 Å². The Morgan fingerprint density at radius 1 is 1.06 bits per heavy atom. The Balaban J connectivity index is 1.41. The molecule has 1 aromatic heterocycles. The van der Waals surface area contributed by atoms with Gasteiger partial charge in [0.25, 0.3) is 0 Å². The van der Waals surface area contributed by atoms with Gasteiger partial charge in [-0.1, -0.05) is 11.6 Å². The molecule has 0 spiro atoms. The van der Waals surface area contributed by atoms with Crippen molar-refractivity contribution in [3.63, 3.8) is 0 Å². The summed E-state index contributed by atoms with van der Waals surface area (Å²) in [6.45, 7) is 6.47. The summed E-state index contributed by atoms with van der Waals surface area (Å²) in [6.07, 6.45) is 2.37. The third kappa shape index (κ3) is 4.83. The topological polar surface area (TPSA) is 77.7 Å². The lowest BCUT2D eigenvalue weighted by Gasteiger charge is -2.26. The van der Waals surface area contributed by atoms with Crippen molar-refractivity contribution in [2.24, 2.45) is 0 Å². The van der Waals surface area contributed by atoms with E-state index < -0.39 is 11.0 Å². The number of benzene rings is 2. The summed E-state index contributed by atoms with van der Waals surface area (Å²) in [7, 11) is -1.48. The van der Waals surface area contributed by atoms with Gasteiger partial charge in [0.1, 0.15) is 11.0 Å². The lowest BCUT2D eigenvalue weighted by atomic mass is 10.1. The van der Waals surface area contributed by atoms with E-state index in [1.54, 1.807) is 4.90 Å². The maximum atomic E-state index is 13.0. The zero-order valence-corrected chi connectivity index (χ0v) is 19.7. The number of nitrogens with one attached hydrogen (secondary N) is 2. The number of H-pyrrole nitrogens is 1. The highest BCUT2D eigenvalue weighted by Crippen LogP contribution is 2.35. The lowest BCUT2D eigenvalue weighted by molar-refractivity contribution is -0.133. The van der Waals surface area contributed by atoms with E-state index in [9.17, 15) is 9.00 Å². The molecular weight excluding hydrogens is 436 g/mol. The molecule has 1 unspecified atom stereocenters. The number of anilines is 1. The van der Waals surface area contributed by atoms with Gasteiger partial charge in [0.15, 0.2) is 0 Å². The van der Waals surface area contributed by atoms with Crippen LogP contribution >= 0.6 is 0 Å². The van der Waals surface area contributed by atoms with Gasteiger partial charge in [-0.25, -0.2) is 8.93 Å². The lowest BCUT2D eigenvalue weighted by Crippen LogP contribution is -2.44. The van der Waals surface area contributed by atoms with Crippen molar-refractivity contribution in [3.05, 3.63) is 48.0 Å². The second kappa shape index (κ2) is 9.67. The van der Waals surface area contributed by atoms with Gasteiger partial charge < -0.3 is 19.5 Å². The van der Waals surface area contributed by atoms with Crippen LogP contribution in [-0.2, 0) is 20.5 Å². The molecule has 33 heavy (non-hydrogen) atoms. The van der Waals surface area contributed by atoms with Gasteiger partial charge in [0.05, 0.1) is 24.7 Å². The zero-order chi connectivity index (χ0) is 22.8. The van der Waals surface area contributed by atoms with E-state index in [2.05, 4.69) is 51.9 Å². The molecule has 5 rings (SSSR count). The predicted molar refractivity (Wildman–Crippen MR) is 132 cm³/mol. The molecule has 2 fully saturated rings. The number of morpholine rings is 1. The van der Waals surface area contributed by atoms with Gasteiger partial charge >= 0.3 is 0 Å². The third-order valence-corrected chi connectivity index (χ3v) is 7.50. The normalized spacial score (nSPS) is 17.6. The van der Waals surface area contributed by atoms with Crippen molar-refractivity contribution >= 4 is 33.5 Å². The molecule has 2 N–H and O–H groups in total. The third-order valence-electron chi connectivity index (χ3n) is 6.41. The minimum absolute atomic E-state index is 0.0431. The number of carbonyl (C=O) groups excluding carboxylic acids is 1. The fourth-order valence-corrected chi connectivity index (χ4v) is 5.45. The van der Waals surface area contributed by atoms with E-state index in [4.69, 9.17) is 4.74 Å². The number of ether oxygens (including phenoxy) is 1. The summed E-state index contributed by atoms with van der Waals surface area (Å²) >= 11 is 0. The number of aromatic nitrogens is 1. The van der Waals surface area contributed by atoms with Crippen LogP contribution in [0.2, 0.25) is 0 Å². The molecule has 3 aromatic rings. The standard InChI is InChI=1S/C25H30N4O3S/c1-18-4-6-22-19(14-18)15-23(27-22)21-16-20(5-7-24(21)28-8-2-3-9-28)33(31)26-17-25(30)29-10-12-32-13-11-29/h4-7,14-16,26-27H,2-3,8-13,17H2,1H3. The van der Waals surface area contributed by atoms with Crippen LogP contribution in [0, 0.1) is 6.92 Å². The molecule has 8 heteroatoms. The van der Waals surface area contributed by atoms with Gasteiger partial charge in [-0.05, 0) is 56.2 Å². The summed E-state index contributed by atoms with van der Waals surface area (Å²) in [5.41, 5.74) is 5.51. The summed E-state index contributed by atoms with van der Waals surface area (Å²) < 4.78 is 21.3. The summed E-state index contributed by atoms with van der Waals surface area (Å²) in [6, 6.07) is 14.5. The Kier molecular flexibility index (Phi) is 6.48. The van der Waals surface area contributed by atoms with Gasteiger partial charge in [-0.3, -0.25) is 4.79 Å². The Morgan fingerprint density at radius 2 is 1.85 bits per heavy atom. The number of hydrogen-bond acceptors (Lipinski definition) is 4. The van der Waals surface area contributed by atoms with E-state index in [-0.39, 0.29) is 12.5 Å². The minimum atomic E-state index is -1.48. The number of rotatable bonds is 6. The zero-order valence-electron chi connectivity index (χ0n) is 18.9. The molecule has 2 saturated heterocycles. The smallest absolute Gasteiger partial charge is 0.237 e. The molecule has 174 valence electrons. The highest BCUT2D eigenvalue weighted by molar-refractivity contribution is 7.83. The molecule has 3 heterocycles. The van der Waals surface area contributed by atoms with Crippen LogP contribution in [-0.4, -0.2) is 65.9 Å². The first-order valence-electron chi connectivity index (χ1n) is 11.6. The number of nitrogens with zero attached hydrogens (tertiary/aromatic N) is 2. The monoisotopic (exact) mass is 466 g/mol. The summed E-state index contributed by atoms with van der Waals surface area (Å²) in [5.74, 6) is -0.0495. The molecule has 0 radical (unpaired) electrons. The van der Waals surface area contributed by atoms with E-state index in [1.165, 1.54) is 18.4 Å². The van der Waals surface area contributed by atoms with Crippen LogP contribution in [0.15, 0.2) is 47.4 Å². The first-order chi connectivity index (χ1) is 16.1. The number of amides is 1. The molecule has 2 aliphatic rings. The van der Waals surface area contributed by atoms with Crippen LogP contribution in [0.3, 0.4) is 0 Å². The quantitative estimate of drug-likeness (QED) is 0.585. The molecule has 7 nitrogen and oxygen atoms in total. The Morgan fingerprint density at radius 3 is 2.64 bits per heavy atom. The van der Waals surface area contributed by atoms with Crippen LogP contribution in [0.1, 0.15) is 18.4 Å². The Labute approximate surface area is 196 Å². The molecule has 1 atom stereocenters. The highest BCUT2D eigenvalue weighted by Gasteiger charge is 2.21. The van der Waals surface area contributed by atoms with Crippen LogP contribution in [0.25, 0.3) is 22.2 Å². The maximum absolute atomic E-state index is 13.0. The van der Waals surface area contributed by atoms with Crippen molar-refractivity contribution in [1.82, 2.24) is 14.6 Å². The fraction of sp³-hybridized carbons (Fsp3) is 0.400. The van der Waals surface area contributed by atoms with Crippen molar-refractivity contribution < 1.29 is 13.7 Å². The Bertz CT molecular complexity index is 1180. The molecule has 0 bridgehead atoms. The van der Waals surface area contributed by atoms with E-state index in [0.29, 0.717) is 31.2 Å². The number of fused-ring (bicyclic) bond motifs is 1. The van der Waals surface area contributed by atoms with Crippen molar-refractivity contribution in [3.8, 4) is 11.3 Å². The molecule has 2 aliphatic heterocycles. The predicted octanol–water partition coefficient (Wildman–Crippen LogP) is 3.21. The average molecular weight is 467 g/mol. The summed E-state index contributed by atoms with van der Waals surface area (Å²) in [4.78, 5) is 20.8. The number of aromatic amines is 1. The van der Waals surface area contributed by atoms with Gasteiger partial charge in [0, 0.05) is 54.0 Å². The first kappa shape index (κ1) is 22.1. The van der Waals surface area contributed by atoms with Crippen molar-refractivity contribution in [1.29, 1.82) is 0 Å². The maximum Gasteiger partial charge on any atom is 0.237 e. The minimum Gasteiger partial charge on any atom is -0.378 e. The molecule has 2 aromatic carbocycles. The summed E-state index contributed by atoms with van der Waals surface area (Å²) in [5, 5.41) is 1.16. The molecule has 1 amide bonds. The number of hydrogen-bond donors (Lipinski definition) is 2. The van der Waals surface area contributed by atoms with Crippen molar-refractivity contribution in [2.45, 2.75) is 24.7 Å². The molecule has 0 saturated carbocycles. The van der Waals surface area contributed by atoms with Crippen LogP contribution < -0.4 is 9.62 Å². The van der Waals surface area contributed by atoms with E-state index >= 15 is 0 Å². The van der Waals surface area contributed by atoms with Gasteiger partial charge in [0.2, 0.25) is 5.91 Å². The number of carbonyl (C=O) groups is 1. The second-order valence-corrected chi connectivity index (χ2v) is 10.0. The van der Waals surface area contributed by atoms with E-state index in [0.717, 1.165) is 40.9 Å². The number of aryl methyl sites for hydroxylation is 1. The molecule has 0 aliphatic carbocycles. The average Bonchev–Trinajstić information content (AvgIpc) is 3.52. The van der Waals surface area contributed by atoms with Crippen LogP contribution in [0.4, 0.5) is 5.69 Å². The van der Waals surface area contributed by atoms with Crippen LogP contribution in [0.5, 0.6) is 0 Å². The fourth-order valence-electron chi connectivity index (χ4n) is 4.61. The van der Waals surface area contributed by atoms with Gasteiger partial charge in [-0.2, -0.15) is 0 Å². The van der Waals surface area contributed by atoms with E-state index in [1.807, 2.05) is 12.1 Å². The highest BCUT2D eigenvalue weighted by atomic mass is 32.2. The Hall–Kier alpha value is -2.68. The SMILES string of the molecule is Cc1ccc2[nH]c(-c3cc(S(=O)NCC(=O)N4CCOCC4)ccc3N3CCCC3)cc2c1. The first-order valence-corrected chi connectivity index (χ1v) is 12.7. The molecular formula is C25H30N4O3S. The van der Waals surface area contributed by atoms with Crippen molar-refractivity contribution in [2.75, 3.05) is 50.8 Å².